The van der Waals surface area contributed by atoms with Crippen molar-refractivity contribution in [2.75, 3.05) is 5.32 Å². The highest BCUT2D eigenvalue weighted by atomic mass is 32.2. The summed E-state index contributed by atoms with van der Waals surface area (Å²) in [6.07, 6.45) is 6.86. The summed E-state index contributed by atoms with van der Waals surface area (Å²) in [4.78, 5) is 11.1. The van der Waals surface area contributed by atoms with Crippen molar-refractivity contribution in [2.24, 2.45) is 10.9 Å². The number of carbonyl (C=O) groups is 1. The Morgan fingerprint density at radius 1 is 1.14 bits per heavy atom. The summed E-state index contributed by atoms with van der Waals surface area (Å²) in [5.41, 5.74) is 11.4. The third-order valence-corrected chi connectivity index (χ3v) is 6.07. The molecule has 1 unspecified atom stereocenters. The van der Waals surface area contributed by atoms with Crippen molar-refractivity contribution in [3.63, 3.8) is 0 Å². The average molecular weight is 420 g/mol. The summed E-state index contributed by atoms with van der Waals surface area (Å²) in [5.74, 6) is 0.543. The van der Waals surface area contributed by atoms with Crippen LogP contribution in [0.5, 0.6) is 0 Å². The van der Waals surface area contributed by atoms with E-state index in [1.54, 1.807) is 20.8 Å². The molecule has 158 valence electrons. The summed E-state index contributed by atoms with van der Waals surface area (Å²) in [5, 5.41) is 17.8. The quantitative estimate of drug-likeness (QED) is 0.609. The molecule has 0 aliphatic heterocycles. The molecule has 0 bridgehead atoms. The van der Waals surface area contributed by atoms with Gasteiger partial charge in [-0.25, -0.2) is 14.1 Å². The maximum atomic E-state index is 11.1. The average Bonchev–Trinajstić information content (AvgIpc) is 3.32. The van der Waals surface area contributed by atoms with Crippen molar-refractivity contribution in [1.82, 2.24) is 0 Å². The zero-order valence-corrected chi connectivity index (χ0v) is 17.9. The van der Waals surface area contributed by atoms with Gasteiger partial charge in [0.05, 0.1) is 5.60 Å². The van der Waals surface area contributed by atoms with Crippen molar-refractivity contribution in [2.45, 2.75) is 70.0 Å². The molecular weight excluding hydrogens is 390 g/mol. The second-order valence-corrected chi connectivity index (χ2v) is 9.11. The fourth-order valence-electron chi connectivity index (χ4n) is 4.25. The minimum atomic E-state index is -1.63. The summed E-state index contributed by atoms with van der Waals surface area (Å²) in [6.45, 7) is 4.96. The number of benzene rings is 1. The number of nitrogens with two attached hydrogens (primary N) is 2. The molecule has 6 N–H and O–H groups in total. The van der Waals surface area contributed by atoms with Crippen LogP contribution in [0.25, 0.3) is 0 Å². The van der Waals surface area contributed by atoms with Crippen LogP contribution in [0.1, 0.15) is 60.3 Å². The first kappa shape index (κ1) is 21.5. The van der Waals surface area contributed by atoms with Gasteiger partial charge in [0, 0.05) is 17.3 Å². The summed E-state index contributed by atoms with van der Waals surface area (Å²) >= 11 is 0. The Balaban J connectivity index is 0.000000170. The van der Waals surface area contributed by atoms with E-state index in [0.717, 1.165) is 31.4 Å². The number of nitrogens with one attached hydrogen (secondary N) is 1. The van der Waals surface area contributed by atoms with E-state index in [-0.39, 0.29) is 5.09 Å². The normalized spacial score (nSPS) is 15.9. The van der Waals surface area contributed by atoms with E-state index in [1.807, 2.05) is 0 Å². The van der Waals surface area contributed by atoms with Gasteiger partial charge in [-0.05, 0) is 81.5 Å². The van der Waals surface area contributed by atoms with Crippen LogP contribution in [0.4, 0.5) is 10.5 Å². The minimum absolute atomic E-state index is 0.189. The minimum Gasteiger partial charge on any atom is -0.451 e. The Hall–Kier alpha value is -2.16. The van der Waals surface area contributed by atoms with E-state index in [1.165, 1.54) is 41.2 Å². The van der Waals surface area contributed by atoms with E-state index >= 15 is 0 Å². The Kier molecular flexibility index (Phi) is 6.16. The van der Waals surface area contributed by atoms with Crippen molar-refractivity contribution >= 4 is 22.7 Å². The maximum absolute atomic E-state index is 11.1. The smallest absolute Gasteiger partial charge is 0.316 e. The molecule has 1 atom stereocenters. The number of carbonyl (C=O) groups excluding carboxylic acids is 1. The van der Waals surface area contributed by atoms with Gasteiger partial charge < -0.3 is 20.6 Å². The molecule has 29 heavy (non-hydrogen) atoms. The van der Waals surface area contributed by atoms with Gasteiger partial charge >= 0.3 is 6.03 Å². The number of amides is 2. The van der Waals surface area contributed by atoms with Gasteiger partial charge in [0.25, 0.3) is 0 Å². The summed E-state index contributed by atoms with van der Waals surface area (Å²) in [7, 11) is -1.63. The van der Waals surface area contributed by atoms with Gasteiger partial charge in [0.2, 0.25) is 5.09 Å². The number of fused-ring (bicyclic) bond motifs is 2. The van der Waals surface area contributed by atoms with E-state index in [4.69, 9.17) is 15.3 Å². The lowest BCUT2D eigenvalue weighted by atomic mass is 9.99. The van der Waals surface area contributed by atoms with Crippen molar-refractivity contribution < 1.29 is 18.5 Å². The standard InChI is InChI=1S/C13H16N2O.C8H13NO3S/c14-13(16)15-12-10-5-1-3-8(10)7-9-4-2-6-11(9)12;1-5-6(8(2,3)10)4-7(12-5)13(9)11/h7H,1-6H2,(H3,14,15,16);4,10H,9H2,1-3H3. The molecule has 0 saturated heterocycles. The highest BCUT2D eigenvalue weighted by molar-refractivity contribution is 7.82. The van der Waals surface area contributed by atoms with Crippen molar-refractivity contribution in [1.29, 1.82) is 0 Å². The van der Waals surface area contributed by atoms with Crippen LogP contribution in [0.3, 0.4) is 0 Å². The highest BCUT2D eigenvalue weighted by Gasteiger charge is 2.25. The first-order valence-corrected chi connectivity index (χ1v) is 11.0. The molecule has 0 radical (unpaired) electrons. The van der Waals surface area contributed by atoms with Crippen molar-refractivity contribution in [3.8, 4) is 0 Å². The number of furan rings is 1. The second kappa shape index (κ2) is 8.30. The molecule has 0 saturated carbocycles. The van der Waals surface area contributed by atoms with Gasteiger partial charge in [-0.3, -0.25) is 0 Å². The maximum Gasteiger partial charge on any atom is 0.316 e. The first-order chi connectivity index (χ1) is 13.6. The van der Waals surface area contributed by atoms with E-state index in [2.05, 4.69) is 11.4 Å². The molecule has 0 fully saturated rings. The van der Waals surface area contributed by atoms with Crippen LogP contribution in [0.15, 0.2) is 21.6 Å². The molecule has 7 nitrogen and oxygen atoms in total. The second-order valence-electron chi connectivity index (χ2n) is 8.12. The lowest BCUT2D eigenvalue weighted by Gasteiger charge is -2.15. The van der Waals surface area contributed by atoms with Gasteiger partial charge in [-0.15, -0.1) is 0 Å². The number of rotatable bonds is 3. The van der Waals surface area contributed by atoms with Crippen LogP contribution in [-0.2, 0) is 42.3 Å². The highest BCUT2D eigenvalue weighted by Crippen LogP contribution is 2.38. The summed E-state index contributed by atoms with van der Waals surface area (Å²) in [6, 6.07) is 3.43. The van der Waals surface area contributed by atoms with E-state index in [9.17, 15) is 14.1 Å². The predicted molar refractivity (Wildman–Crippen MR) is 113 cm³/mol. The Bertz CT molecular complexity index is 928. The Labute approximate surface area is 173 Å². The van der Waals surface area contributed by atoms with Crippen LogP contribution in [0.2, 0.25) is 0 Å². The monoisotopic (exact) mass is 419 g/mol. The van der Waals surface area contributed by atoms with E-state index in [0.29, 0.717) is 11.3 Å². The zero-order chi connectivity index (χ0) is 21.3. The summed E-state index contributed by atoms with van der Waals surface area (Å²) < 4.78 is 16.0. The first-order valence-electron chi connectivity index (χ1n) is 9.80. The number of hydrogen-bond acceptors (Lipinski definition) is 4. The molecule has 8 heteroatoms. The van der Waals surface area contributed by atoms with Crippen molar-refractivity contribution in [3.05, 3.63) is 45.7 Å². The number of hydrogen-bond donors (Lipinski definition) is 4. The molecule has 2 aromatic rings. The van der Waals surface area contributed by atoms with Gasteiger partial charge in [0.15, 0.2) is 11.0 Å². The fraction of sp³-hybridized carbons (Fsp3) is 0.476. The topological polar surface area (TPSA) is 132 Å². The third kappa shape index (κ3) is 4.71. The van der Waals surface area contributed by atoms with Gasteiger partial charge in [-0.2, -0.15) is 0 Å². The van der Waals surface area contributed by atoms with Gasteiger partial charge in [-0.1, -0.05) is 6.07 Å². The largest absolute Gasteiger partial charge is 0.451 e. The lowest BCUT2D eigenvalue weighted by molar-refractivity contribution is 0.0769. The number of aliphatic hydroxyl groups is 1. The molecule has 2 amide bonds. The zero-order valence-electron chi connectivity index (χ0n) is 17.1. The molecular formula is C21H29N3O4S. The number of urea groups is 1. The molecule has 2 aliphatic carbocycles. The van der Waals surface area contributed by atoms with Crippen LogP contribution < -0.4 is 16.2 Å². The van der Waals surface area contributed by atoms with Gasteiger partial charge in [0.1, 0.15) is 5.76 Å². The van der Waals surface area contributed by atoms with Crippen LogP contribution in [0, 0.1) is 6.92 Å². The Morgan fingerprint density at radius 2 is 1.69 bits per heavy atom. The third-order valence-electron chi connectivity index (χ3n) is 5.47. The van der Waals surface area contributed by atoms with E-state index < -0.39 is 22.6 Å². The lowest BCUT2D eigenvalue weighted by Crippen LogP contribution is -2.21. The Morgan fingerprint density at radius 3 is 2.07 bits per heavy atom. The number of anilines is 1. The van der Waals surface area contributed by atoms with Crippen LogP contribution >= 0.6 is 0 Å². The molecule has 0 spiro atoms. The number of aryl methyl sites for hydroxylation is 3. The molecule has 4 rings (SSSR count). The number of primary amides is 1. The fourth-order valence-corrected chi connectivity index (χ4v) is 4.69. The molecule has 1 aromatic heterocycles. The SMILES string of the molecule is Cc1oc(S(N)=O)cc1C(C)(C)O.NC(=O)Nc1c2c(cc3c1CCC3)CCC2. The van der Waals surface area contributed by atoms with Crippen LogP contribution in [-0.4, -0.2) is 15.3 Å². The predicted octanol–water partition coefficient (Wildman–Crippen LogP) is 2.95. The molecule has 2 aliphatic rings. The molecule has 1 heterocycles. The molecule has 1 aromatic carbocycles.